The molecule has 2 N–H and O–H groups in total. The van der Waals surface area contributed by atoms with Gasteiger partial charge in [-0.05, 0) is 44.0 Å². The fourth-order valence-corrected chi connectivity index (χ4v) is 3.24. The molecule has 1 aromatic heterocycles. The van der Waals surface area contributed by atoms with Gasteiger partial charge in [0.25, 0.3) is 0 Å². The van der Waals surface area contributed by atoms with Crippen molar-refractivity contribution in [2.75, 3.05) is 13.2 Å². The molecule has 5 heteroatoms. The second-order valence-electron chi connectivity index (χ2n) is 5.98. The lowest BCUT2D eigenvalue weighted by atomic mass is 10.0. The molecule has 3 rings (SSSR count). The summed E-state index contributed by atoms with van der Waals surface area (Å²) in [6.45, 7) is 3.41. The summed E-state index contributed by atoms with van der Waals surface area (Å²) in [6, 6.07) is 5.07. The van der Waals surface area contributed by atoms with Crippen LogP contribution in [0.2, 0.25) is 0 Å². The summed E-state index contributed by atoms with van der Waals surface area (Å²) < 4.78 is 5.27. The lowest BCUT2D eigenvalue weighted by Gasteiger charge is -2.34. The molecule has 1 aromatic carbocycles. The standard InChI is InChI=1S/C17H21NO4/c1-11-15(20)6-5-14-12(8-16(21)22-17(11)14)9-18-7-3-2-4-13(18)10-19/h5-6,8,13,19-20H,2-4,7,9-10H2,1H3. The fraction of sp³-hybridized carbons (Fsp3) is 0.471. The number of phenolic OH excluding ortho intramolecular Hbond substituents is 1. The summed E-state index contributed by atoms with van der Waals surface area (Å²) in [6.07, 6.45) is 3.22. The lowest BCUT2D eigenvalue weighted by Crippen LogP contribution is -2.41. The first-order valence-corrected chi connectivity index (χ1v) is 7.70. The molecular formula is C17H21NO4. The van der Waals surface area contributed by atoms with Gasteiger partial charge in [0.1, 0.15) is 11.3 Å². The highest BCUT2D eigenvalue weighted by atomic mass is 16.4. The molecule has 0 spiro atoms. The van der Waals surface area contributed by atoms with E-state index in [9.17, 15) is 15.0 Å². The first-order valence-electron chi connectivity index (χ1n) is 7.70. The summed E-state index contributed by atoms with van der Waals surface area (Å²) in [5.41, 5.74) is 1.50. The minimum atomic E-state index is -0.409. The van der Waals surface area contributed by atoms with Gasteiger partial charge >= 0.3 is 5.63 Å². The van der Waals surface area contributed by atoms with Crippen LogP contribution in [-0.2, 0) is 6.54 Å². The second-order valence-corrected chi connectivity index (χ2v) is 5.98. The van der Waals surface area contributed by atoms with E-state index < -0.39 is 5.63 Å². The molecular weight excluding hydrogens is 282 g/mol. The Morgan fingerprint density at radius 1 is 1.36 bits per heavy atom. The molecule has 5 nitrogen and oxygen atoms in total. The highest BCUT2D eigenvalue weighted by Crippen LogP contribution is 2.29. The molecule has 0 saturated carbocycles. The smallest absolute Gasteiger partial charge is 0.336 e. The Bertz CT molecular complexity index is 737. The highest BCUT2D eigenvalue weighted by Gasteiger charge is 2.23. The number of likely N-dealkylation sites (tertiary alicyclic amines) is 1. The maximum Gasteiger partial charge on any atom is 0.336 e. The van der Waals surface area contributed by atoms with Crippen LogP contribution in [0.4, 0.5) is 0 Å². The number of benzene rings is 1. The van der Waals surface area contributed by atoms with E-state index in [2.05, 4.69) is 4.90 Å². The van der Waals surface area contributed by atoms with Gasteiger partial charge in [-0.15, -0.1) is 0 Å². The summed E-state index contributed by atoms with van der Waals surface area (Å²) in [5.74, 6) is 0.124. The first kappa shape index (κ1) is 15.1. The van der Waals surface area contributed by atoms with Gasteiger partial charge in [-0.25, -0.2) is 4.79 Å². The van der Waals surface area contributed by atoms with Gasteiger partial charge in [-0.3, -0.25) is 4.90 Å². The van der Waals surface area contributed by atoms with Crippen LogP contribution in [0.5, 0.6) is 5.75 Å². The number of hydrogen-bond donors (Lipinski definition) is 2. The van der Waals surface area contributed by atoms with E-state index in [4.69, 9.17) is 4.42 Å². The third kappa shape index (κ3) is 2.74. The van der Waals surface area contributed by atoms with Gasteiger partial charge in [0, 0.05) is 29.6 Å². The van der Waals surface area contributed by atoms with Crippen molar-refractivity contribution < 1.29 is 14.6 Å². The Balaban J connectivity index is 2.03. The normalized spacial score (nSPS) is 19.6. The van der Waals surface area contributed by atoms with Crippen LogP contribution in [0.1, 0.15) is 30.4 Å². The average Bonchev–Trinajstić information content (AvgIpc) is 2.52. The number of fused-ring (bicyclic) bond motifs is 1. The van der Waals surface area contributed by atoms with Crippen molar-refractivity contribution in [2.45, 2.75) is 38.8 Å². The second kappa shape index (κ2) is 6.10. The Labute approximate surface area is 128 Å². The Morgan fingerprint density at radius 3 is 2.95 bits per heavy atom. The highest BCUT2D eigenvalue weighted by molar-refractivity contribution is 5.84. The largest absolute Gasteiger partial charge is 0.508 e. The van der Waals surface area contributed by atoms with Crippen LogP contribution in [0.25, 0.3) is 11.0 Å². The van der Waals surface area contributed by atoms with Crippen molar-refractivity contribution in [3.63, 3.8) is 0 Å². The van der Waals surface area contributed by atoms with Crippen LogP contribution >= 0.6 is 0 Å². The average molecular weight is 303 g/mol. The van der Waals surface area contributed by atoms with Gasteiger partial charge in [0.05, 0.1) is 6.61 Å². The SMILES string of the molecule is Cc1c(O)ccc2c(CN3CCCCC3CO)cc(=O)oc12. The number of hydrogen-bond acceptors (Lipinski definition) is 5. The summed E-state index contributed by atoms with van der Waals surface area (Å²) in [5, 5.41) is 20.2. The number of aryl methyl sites for hydroxylation is 1. The van der Waals surface area contributed by atoms with Gasteiger partial charge in [0.2, 0.25) is 0 Å². The Kier molecular flexibility index (Phi) is 4.18. The molecule has 2 aromatic rings. The molecule has 1 unspecified atom stereocenters. The predicted octanol–water partition coefficient (Wildman–Crippen LogP) is 2.15. The van der Waals surface area contributed by atoms with Crippen molar-refractivity contribution in [1.82, 2.24) is 4.90 Å². The number of aliphatic hydroxyl groups excluding tert-OH is 1. The quantitative estimate of drug-likeness (QED) is 0.850. The number of nitrogens with zero attached hydrogens (tertiary/aromatic N) is 1. The van der Waals surface area contributed by atoms with Crippen LogP contribution in [0, 0.1) is 6.92 Å². The monoisotopic (exact) mass is 303 g/mol. The third-order valence-corrected chi connectivity index (χ3v) is 4.55. The number of piperidine rings is 1. The number of phenols is 1. The van der Waals surface area contributed by atoms with E-state index >= 15 is 0 Å². The minimum Gasteiger partial charge on any atom is -0.508 e. The zero-order valence-electron chi connectivity index (χ0n) is 12.7. The van der Waals surface area contributed by atoms with Crippen molar-refractivity contribution in [2.24, 2.45) is 0 Å². The fourth-order valence-electron chi connectivity index (χ4n) is 3.24. The Morgan fingerprint density at radius 2 is 2.18 bits per heavy atom. The van der Waals surface area contributed by atoms with E-state index in [-0.39, 0.29) is 18.4 Å². The first-order chi connectivity index (χ1) is 10.6. The van der Waals surface area contributed by atoms with Crippen molar-refractivity contribution in [1.29, 1.82) is 0 Å². The molecule has 0 aliphatic carbocycles. The third-order valence-electron chi connectivity index (χ3n) is 4.55. The van der Waals surface area contributed by atoms with Crippen molar-refractivity contribution >= 4 is 11.0 Å². The van der Waals surface area contributed by atoms with Gasteiger partial charge < -0.3 is 14.6 Å². The maximum atomic E-state index is 11.8. The zero-order chi connectivity index (χ0) is 15.7. The van der Waals surface area contributed by atoms with E-state index in [1.54, 1.807) is 19.1 Å². The number of aromatic hydroxyl groups is 1. The van der Waals surface area contributed by atoms with Crippen LogP contribution < -0.4 is 5.63 Å². The zero-order valence-corrected chi connectivity index (χ0v) is 12.7. The van der Waals surface area contributed by atoms with Gasteiger partial charge in [-0.1, -0.05) is 6.42 Å². The van der Waals surface area contributed by atoms with Crippen LogP contribution in [-0.4, -0.2) is 34.3 Å². The molecule has 0 amide bonds. The molecule has 1 aliphatic rings. The molecule has 0 bridgehead atoms. The van der Waals surface area contributed by atoms with E-state index in [0.29, 0.717) is 17.7 Å². The van der Waals surface area contributed by atoms with E-state index in [1.165, 1.54) is 6.07 Å². The molecule has 1 atom stereocenters. The van der Waals surface area contributed by atoms with E-state index in [1.807, 2.05) is 0 Å². The molecule has 1 saturated heterocycles. The molecule has 2 heterocycles. The van der Waals surface area contributed by atoms with Crippen molar-refractivity contribution in [3.8, 4) is 5.75 Å². The van der Waals surface area contributed by atoms with Crippen molar-refractivity contribution in [3.05, 3.63) is 39.7 Å². The molecule has 1 aliphatic heterocycles. The molecule has 0 radical (unpaired) electrons. The lowest BCUT2D eigenvalue weighted by molar-refractivity contribution is 0.0843. The van der Waals surface area contributed by atoms with Crippen LogP contribution in [0.3, 0.4) is 0 Å². The summed E-state index contributed by atoms with van der Waals surface area (Å²) in [4.78, 5) is 14.1. The van der Waals surface area contributed by atoms with E-state index in [0.717, 1.165) is 36.8 Å². The van der Waals surface area contributed by atoms with Gasteiger partial charge in [-0.2, -0.15) is 0 Å². The van der Waals surface area contributed by atoms with Gasteiger partial charge in [0.15, 0.2) is 0 Å². The Hall–Kier alpha value is -1.85. The summed E-state index contributed by atoms with van der Waals surface area (Å²) >= 11 is 0. The predicted molar refractivity (Wildman–Crippen MR) is 84.0 cm³/mol. The molecule has 1 fully saturated rings. The molecule has 118 valence electrons. The minimum absolute atomic E-state index is 0.124. The maximum absolute atomic E-state index is 11.8. The van der Waals surface area contributed by atoms with Crippen LogP contribution in [0.15, 0.2) is 27.4 Å². The number of rotatable bonds is 3. The molecule has 22 heavy (non-hydrogen) atoms. The summed E-state index contributed by atoms with van der Waals surface area (Å²) in [7, 11) is 0. The topological polar surface area (TPSA) is 73.9 Å². The number of aliphatic hydroxyl groups is 1.